The summed E-state index contributed by atoms with van der Waals surface area (Å²) < 4.78 is 11.3. The Morgan fingerprint density at radius 2 is 1.85 bits per heavy atom. The molecule has 0 spiro atoms. The molecule has 1 unspecified atom stereocenters. The lowest BCUT2D eigenvalue weighted by Gasteiger charge is -2.24. The number of pyridine rings is 1. The fourth-order valence-corrected chi connectivity index (χ4v) is 3.73. The molecule has 0 fully saturated rings. The summed E-state index contributed by atoms with van der Waals surface area (Å²) in [7, 11) is 1.68. The van der Waals surface area contributed by atoms with Crippen LogP contribution in [0.4, 0.5) is 10.6 Å². The van der Waals surface area contributed by atoms with E-state index in [0.29, 0.717) is 29.9 Å². The molecule has 4 rings (SSSR count). The minimum atomic E-state index is -0.561. The topological polar surface area (TPSA) is 157 Å². The first-order valence-corrected chi connectivity index (χ1v) is 12.4. The third kappa shape index (κ3) is 6.54. The van der Waals surface area contributed by atoms with Crippen LogP contribution >= 0.6 is 0 Å². The van der Waals surface area contributed by atoms with Crippen LogP contribution in [0.15, 0.2) is 53.2 Å². The number of anilines is 1. The van der Waals surface area contributed by atoms with E-state index in [1.807, 2.05) is 58.0 Å². The summed E-state index contributed by atoms with van der Waals surface area (Å²) in [6, 6.07) is 13.3. The van der Waals surface area contributed by atoms with Gasteiger partial charge in [0, 0.05) is 30.9 Å². The summed E-state index contributed by atoms with van der Waals surface area (Å²) in [5.41, 5.74) is 9.35. The Kier molecular flexibility index (Phi) is 7.85. The highest BCUT2D eigenvalue weighted by molar-refractivity contribution is 5.69. The number of rotatable bonds is 7. The second kappa shape index (κ2) is 11.3. The monoisotopic (exact) mass is 526 g/mol. The van der Waals surface area contributed by atoms with Crippen molar-refractivity contribution in [3.05, 3.63) is 60.0 Å². The molecule has 3 aromatic heterocycles. The van der Waals surface area contributed by atoms with Gasteiger partial charge in [0.25, 0.3) is 5.89 Å². The number of nitrogens with two attached hydrogens (primary N) is 1. The molecule has 2 N–H and O–H groups in total. The van der Waals surface area contributed by atoms with E-state index in [1.165, 1.54) is 4.90 Å². The third-order valence-corrected chi connectivity index (χ3v) is 5.75. The summed E-state index contributed by atoms with van der Waals surface area (Å²) >= 11 is 0. The molecule has 0 bridgehead atoms. The Balaban J connectivity index is 1.53. The van der Waals surface area contributed by atoms with Crippen molar-refractivity contribution in [2.45, 2.75) is 52.2 Å². The molecule has 4 aromatic rings. The van der Waals surface area contributed by atoms with Gasteiger partial charge in [0.2, 0.25) is 5.89 Å². The summed E-state index contributed by atoms with van der Waals surface area (Å²) in [6.45, 7) is 7.80. The Labute approximate surface area is 226 Å². The van der Waals surface area contributed by atoms with Crippen molar-refractivity contribution < 1.29 is 13.9 Å². The first-order chi connectivity index (χ1) is 18.6. The predicted molar refractivity (Wildman–Crippen MR) is 145 cm³/mol. The van der Waals surface area contributed by atoms with Crippen LogP contribution in [0, 0.1) is 11.3 Å². The van der Waals surface area contributed by atoms with Crippen LogP contribution < -0.4 is 5.73 Å². The zero-order valence-electron chi connectivity index (χ0n) is 22.5. The maximum Gasteiger partial charge on any atom is 0.410 e. The van der Waals surface area contributed by atoms with Gasteiger partial charge in [-0.3, -0.25) is 4.98 Å². The van der Waals surface area contributed by atoms with E-state index in [9.17, 15) is 10.1 Å². The van der Waals surface area contributed by atoms with Crippen molar-refractivity contribution in [3.63, 3.8) is 0 Å². The number of benzene rings is 1. The van der Waals surface area contributed by atoms with Gasteiger partial charge >= 0.3 is 6.09 Å². The number of carbonyl (C=O) groups excluding carboxylic acids is 1. The summed E-state index contributed by atoms with van der Waals surface area (Å²) in [5.74, 6) is 0.249. The molecule has 11 nitrogen and oxygen atoms in total. The lowest BCUT2D eigenvalue weighted by molar-refractivity contribution is 0.0285. The molecular formula is C28H30N8O3. The normalized spacial score (nSPS) is 12.0. The Morgan fingerprint density at radius 1 is 1.13 bits per heavy atom. The molecule has 200 valence electrons. The van der Waals surface area contributed by atoms with Crippen molar-refractivity contribution in [3.8, 4) is 40.4 Å². The fraction of sp³-hybridized carbons (Fsp3) is 0.321. The summed E-state index contributed by atoms with van der Waals surface area (Å²) in [6.07, 6.45) is 3.45. The van der Waals surface area contributed by atoms with Gasteiger partial charge in [-0.2, -0.15) is 5.26 Å². The average Bonchev–Trinajstić information content (AvgIpc) is 3.39. The first kappa shape index (κ1) is 27.2. The highest BCUT2D eigenvalue weighted by Gasteiger charge is 2.20. The van der Waals surface area contributed by atoms with Crippen LogP contribution in [0.2, 0.25) is 0 Å². The number of nitriles is 1. The second-order valence-electron chi connectivity index (χ2n) is 9.99. The van der Waals surface area contributed by atoms with E-state index in [2.05, 4.69) is 31.2 Å². The highest BCUT2D eigenvalue weighted by atomic mass is 16.6. The number of nitrogen functional groups attached to an aromatic ring is 1. The van der Waals surface area contributed by atoms with E-state index >= 15 is 0 Å². The lowest BCUT2D eigenvalue weighted by Crippen LogP contribution is -2.33. The molecule has 0 aliphatic heterocycles. The molecule has 0 saturated carbocycles. The van der Waals surface area contributed by atoms with Crippen molar-refractivity contribution in [1.29, 1.82) is 5.26 Å². The second-order valence-corrected chi connectivity index (χ2v) is 9.99. The quantitative estimate of drug-likeness (QED) is 0.338. The van der Waals surface area contributed by atoms with Gasteiger partial charge in [-0.25, -0.2) is 14.8 Å². The van der Waals surface area contributed by atoms with Crippen LogP contribution in [0.1, 0.15) is 51.3 Å². The minimum Gasteiger partial charge on any atom is -0.444 e. The number of aromatic nitrogens is 5. The SMILES string of the molecule is CCC(C#N)c1cc(-c2cnc(N)c(-c3nnc(-c4ccc(CN(C)C(=O)OC(C)(C)C)cc4)o3)n2)ccn1. The van der Waals surface area contributed by atoms with Crippen molar-refractivity contribution in [2.75, 3.05) is 12.8 Å². The van der Waals surface area contributed by atoms with Crippen molar-refractivity contribution in [2.24, 2.45) is 0 Å². The number of hydrogen-bond donors (Lipinski definition) is 1. The molecule has 3 heterocycles. The van der Waals surface area contributed by atoms with Gasteiger partial charge < -0.3 is 19.8 Å². The van der Waals surface area contributed by atoms with E-state index in [4.69, 9.17) is 14.9 Å². The van der Waals surface area contributed by atoms with Gasteiger partial charge in [0.05, 0.1) is 29.6 Å². The van der Waals surface area contributed by atoms with Gasteiger partial charge in [-0.1, -0.05) is 19.1 Å². The first-order valence-electron chi connectivity index (χ1n) is 12.4. The maximum atomic E-state index is 12.2. The van der Waals surface area contributed by atoms with Gasteiger partial charge in [0.15, 0.2) is 11.5 Å². The van der Waals surface area contributed by atoms with Gasteiger partial charge in [0.1, 0.15) is 5.60 Å². The molecular weight excluding hydrogens is 496 g/mol. The molecule has 0 aliphatic rings. The molecule has 1 aromatic carbocycles. The number of carbonyl (C=O) groups is 1. The Morgan fingerprint density at radius 3 is 2.51 bits per heavy atom. The summed E-state index contributed by atoms with van der Waals surface area (Å²) in [4.78, 5) is 27.0. The number of amides is 1. The van der Waals surface area contributed by atoms with Crippen LogP contribution in [0.3, 0.4) is 0 Å². The molecule has 0 radical (unpaired) electrons. The Hall–Kier alpha value is -4.85. The van der Waals surface area contributed by atoms with Crippen LogP contribution in [0.5, 0.6) is 0 Å². The number of nitrogens with zero attached hydrogens (tertiary/aromatic N) is 7. The van der Waals surface area contributed by atoms with Crippen LogP contribution in [0.25, 0.3) is 34.3 Å². The molecule has 39 heavy (non-hydrogen) atoms. The molecule has 0 saturated heterocycles. The van der Waals surface area contributed by atoms with E-state index in [1.54, 1.807) is 25.5 Å². The van der Waals surface area contributed by atoms with Gasteiger partial charge in [-0.05, 0) is 57.0 Å². The van der Waals surface area contributed by atoms with Crippen LogP contribution in [-0.2, 0) is 11.3 Å². The van der Waals surface area contributed by atoms with Crippen LogP contribution in [-0.4, -0.2) is 48.8 Å². The van der Waals surface area contributed by atoms with Gasteiger partial charge in [-0.15, -0.1) is 10.2 Å². The zero-order valence-corrected chi connectivity index (χ0v) is 22.5. The molecule has 1 amide bonds. The largest absolute Gasteiger partial charge is 0.444 e. The average molecular weight is 527 g/mol. The predicted octanol–water partition coefficient (Wildman–Crippen LogP) is 5.22. The van der Waals surface area contributed by atoms with E-state index in [0.717, 1.165) is 11.1 Å². The number of hydrogen-bond acceptors (Lipinski definition) is 10. The van der Waals surface area contributed by atoms with E-state index < -0.39 is 11.7 Å². The van der Waals surface area contributed by atoms with E-state index in [-0.39, 0.29) is 29.2 Å². The standard InChI is InChI=1S/C28H30N8O3/c1-6-18(14-29)21-13-20(11-12-31-21)22-15-32-24(30)23(33-22)26-35-34-25(38-26)19-9-7-17(8-10-19)16-36(5)27(37)39-28(2,3)4/h7-13,15,18H,6,16H2,1-5H3,(H2,30,32). The Bertz CT molecular complexity index is 1500. The lowest BCUT2D eigenvalue weighted by atomic mass is 10.0. The zero-order chi connectivity index (χ0) is 28.2. The van der Waals surface area contributed by atoms with Crippen molar-refractivity contribution in [1.82, 2.24) is 30.0 Å². The molecule has 1 atom stereocenters. The number of ether oxygens (including phenoxy) is 1. The molecule has 11 heteroatoms. The van der Waals surface area contributed by atoms with Crippen molar-refractivity contribution >= 4 is 11.9 Å². The summed E-state index contributed by atoms with van der Waals surface area (Å²) in [5, 5.41) is 17.7. The fourth-order valence-electron chi connectivity index (χ4n) is 3.73. The minimum absolute atomic E-state index is 0.128. The highest BCUT2D eigenvalue weighted by Crippen LogP contribution is 2.29. The third-order valence-electron chi connectivity index (χ3n) is 5.75. The maximum absolute atomic E-state index is 12.2. The smallest absolute Gasteiger partial charge is 0.410 e. The molecule has 0 aliphatic carbocycles.